The molecule has 0 heterocycles. The fourth-order valence-corrected chi connectivity index (χ4v) is 1.13. The number of carbonyl (C=O) groups excluding carboxylic acids is 1. The van der Waals surface area contributed by atoms with Crippen molar-refractivity contribution < 1.29 is 9.18 Å². The van der Waals surface area contributed by atoms with Gasteiger partial charge in [0, 0.05) is 0 Å². The van der Waals surface area contributed by atoms with Crippen molar-refractivity contribution in [2.75, 3.05) is 5.32 Å². The highest BCUT2D eigenvalue weighted by Gasteiger charge is 2.12. The van der Waals surface area contributed by atoms with Gasteiger partial charge in [-0.2, -0.15) is 0 Å². The molecule has 1 aromatic rings. The Morgan fingerprint density at radius 2 is 2.27 bits per heavy atom. The number of hydrogen-bond donors (Lipinski definition) is 2. The van der Waals surface area contributed by atoms with Crippen LogP contribution in [0.1, 0.15) is 18.9 Å². The Balaban J connectivity index is 2.77. The minimum absolute atomic E-state index is 0.175. The number of carbonyl (C=O) groups is 1. The zero-order chi connectivity index (χ0) is 11.4. The van der Waals surface area contributed by atoms with E-state index in [1.54, 1.807) is 19.9 Å². The third-order valence-corrected chi connectivity index (χ3v) is 2.16. The van der Waals surface area contributed by atoms with E-state index in [0.29, 0.717) is 6.42 Å². The van der Waals surface area contributed by atoms with Gasteiger partial charge in [0.2, 0.25) is 5.91 Å². The van der Waals surface area contributed by atoms with E-state index < -0.39 is 11.9 Å². The lowest BCUT2D eigenvalue weighted by Gasteiger charge is -2.10. The van der Waals surface area contributed by atoms with Gasteiger partial charge >= 0.3 is 0 Å². The van der Waals surface area contributed by atoms with Gasteiger partial charge in [-0.1, -0.05) is 13.0 Å². The van der Waals surface area contributed by atoms with Crippen LogP contribution in [0.4, 0.5) is 10.1 Å². The quantitative estimate of drug-likeness (QED) is 0.799. The van der Waals surface area contributed by atoms with Crippen molar-refractivity contribution in [1.29, 1.82) is 0 Å². The summed E-state index contributed by atoms with van der Waals surface area (Å²) >= 11 is 0. The van der Waals surface area contributed by atoms with Gasteiger partial charge in [-0.05, 0) is 31.0 Å². The third-order valence-electron chi connectivity index (χ3n) is 2.16. The smallest absolute Gasteiger partial charge is 0.241 e. The molecule has 1 amide bonds. The van der Waals surface area contributed by atoms with Crippen LogP contribution in [0.3, 0.4) is 0 Å². The van der Waals surface area contributed by atoms with Gasteiger partial charge in [-0.25, -0.2) is 4.39 Å². The van der Waals surface area contributed by atoms with Crippen molar-refractivity contribution in [3.63, 3.8) is 0 Å². The molecule has 0 saturated heterocycles. The largest absolute Gasteiger partial charge is 0.322 e. The maximum absolute atomic E-state index is 13.3. The lowest BCUT2D eigenvalue weighted by Crippen LogP contribution is -2.35. The second-order valence-corrected chi connectivity index (χ2v) is 3.49. The topological polar surface area (TPSA) is 55.1 Å². The summed E-state index contributed by atoms with van der Waals surface area (Å²) in [5, 5.41) is 2.45. The summed E-state index contributed by atoms with van der Waals surface area (Å²) in [5.41, 5.74) is 6.50. The molecule has 4 heteroatoms. The molecule has 0 radical (unpaired) electrons. The van der Waals surface area contributed by atoms with Crippen molar-refractivity contribution in [3.8, 4) is 0 Å². The molecule has 1 aromatic carbocycles. The van der Waals surface area contributed by atoms with E-state index in [2.05, 4.69) is 5.32 Å². The standard InChI is InChI=1S/C11H15FN2O/c1-3-9(13)11(15)14-10-5-4-7(2)6-8(10)12/h4-6,9H,3,13H2,1-2H3,(H,14,15)/t9-/m0/s1. The number of rotatable bonds is 3. The maximum atomic E-state index is 13.3. The van der Waals surface area contributed by atoms with Gasteiger partial charge in [0.15, 0.2) is 0 Å². The summed E-state index contributed by atoms with van der Waals surface area (Å²) in [4.78, 5) is 11.4. The predicted octanol–water partition coefficient (Wildman–Crippen LogP) is 1.81. The van der Waals surface area contributed by atoms with E-state index in [1.807, 2.05) is 0 Å². The first-order valence-electron chi connectivity index (χ1n) is 4.87. The van der Waals surface area contributed by atoms with Crippen LogP contribution in [0.25, 0.3) is 0 Å². The minimum atomic E-state index is -0.592. The summed E-state index contributed by atoms with van der Waals surface area (Å²) in [6.07, 6.45) is 0.527. The molecule has 0 aliphatic rings. The molecule has 1 rings (SSSR count). The van der Waals surface area contributed by atoms with E-state index in [-0.39, 0.29) is 11.6 Å². The number of aryl methyl sites for hydroxylation is 1. The molecule has 0 unspecified atom stereocenters. The zero-order valence-electron chi connectivity index (χ0n) is 8.88. The van der Waals surface area contributed by atoms with Crippen molar-refractivity contribution in [2.24, 2.45) is 5.73 Å². The van der Waals surface area contributed by atoms with Crippen LogP contribution in [-0.4, -0.2) is 11.9 Å². The van der Waals surface area contributed by atoms with Gasteiger partial charge in [0.05, 0.1) is 11.7 Å². The van der Waals surface area contributed by atoms with Gasteiger partial charge in [-0.3, -0.25) is 4.79 Å². The molecule has 82 valence electrons. The van der Waals surface area contributed by atoms with Crippen molar-refractivity contribution >= 4 is 11.6 Å². The summed E-state index contributed by atoms with van der Waals surface area (Å²) < 4.78 is 13.3. The summed E-state index contributed by atoms with van der Waals surface area (Å²) in [7, 11) is 0. The average Bonchev–Trinajstić information content (AvgIpc) is 2.20. The monoisotopic (exact) mass is 210 g/mol. The number of amides is 1. The highest BCUT2D eigenvalue weighted by atomic mass is 19.1. The normalized spacial score (nSPS) is 12.3. The van der Waals surface area contributed by atoms with Crippen LogP contribution < -0.4 is 11.1 Å². The van der Waals surface area contributed by atoms with Crippen LogP contribution in [0.15, 0.2) is 18.2 Å². The first-order valence-corrected chi connectivity index (χ1v) is 4.87. The van der Waals surface area contributed by atoms with Crippen molar-refractivity contribution in [2.45, 2.75) is 26.3 Å². The number of halogens is 1. The number of nitrogens with one attached hydrogen (secondary N) is 1. The molecule has 1 atom stereocenters. The summed E-state index contributed by atoms with van der Waals surface area (Å²) in [6, 6.07) is 4.04. The molecular weight excluding hydrogens is 195 g/mol. The first kappa shape index (κ1) is 11.7. The lowest BCUT2D eigenvalue weighted by atomic mass is 10.2. The summed E-state index contributed by atoms with van der Waals surface area (Å²) in [6.45, 7) is 3.59. The second-order valence-electron chi connectivity index (χ2n) is 3.49. The van der Waals surface area contributed by atoms with Crippen LogP contribution in [0, 0.1) is 12.7 Å². The number of anilines is 1. The average molecular weight is 210 g/mol. The molecule has 0 saturated carbocycles. The molecule has 0 aliphatic carbocycles. The van der Waals surface area contributed by atoms with Crippen molar-refractivity contribution in [1.82, 2.24) is 0 Å². The second kappa shape index (κ2) is 4.89. The van der Waals surface area contributed by atoms with Gasteiger partial charge in [-0.15, -0.1) is 0 Å². The van der Waals surface area contributed by atoms with Crippen molar-refractivity contribution in [3.05, 3.63) is 29.6 Å². The molecule has 3 N–H and O–H groups in total. The van der Waals surface area contributed by atoms with Crippen LogP contribution >= 0.6 is 0 Å². The Kier molecular flexibility index (Phi) is 3.80. The molecule has 0 aliphatic heterocycles. The van der Waals surface area contributed by atoms with Crippen LogP contribution in [-0.2, 0) is 4.79 Å². The van der Waals surface area contributed by atoms with Gasteiger partial charge in [0.1, 0.15) is 5.82 Å². The fraction of sp³-hybridized carbons (Fsp3) is 0.364. The van der Waals surface area contributed by atoms with Crippen LogP contribution in [0.5, 0.6) is 0 Å². The highest BCUT2D eigenvalue weighted by Crippen LogP contribution is 2.15. The Labute approximate surface area is 88.5 Å². The fourth-order valence-electron chi connectivity index (χ4n) is 1.13. The number of benzene rings is 1. The van der Waals surface area contributed by atoms with Crippen LogP contribution in [0.2, 0.25) is 0 Å². The van der Waals surface area contributed by atoms with Gasteiger partial charge in [0.25, 0.3) is 0 Å². The Morgan fingerprint density at radius 1 is 1.60 bits per heavy atom. The lowest BCUT2D eigenvalue weighted by molar-refractivity contribution is -0.117. The molecule has 15 heavy (non-hydrogen) atoms. The van der Waals surface area contributed by atoms with E-state index in [9.17, 15) is 9.18 Å². The SMILES string of the molecule is CC[C@H](N)C(=O)Nc1ccc(C)cc1F. The van der Waals surface area contributed by atoms with Gasteiger partial charge < -0.3 is 11.1 Å². The Morgan fingerprint density at radius 3 is 2.80 bits per heavy atom. The minimum Gasteiger partial charge on any atom is -0.322 e. The van der Waals surface area contributed by atoms with E-state index >= 15 is 0 Å². The maximum Gasteiger partial charge on any atom is 0.241 e. The Bertz CT molecular complexity index is 366. The molecular formula is C11H15FN2O. The zero-order valence-corrected chi connectivity index (χ0v) is 8.88. The van der Waals surface area contributed by atoms with E-state index in [1.165, 1.54) is 12.1 Å². The predicted molar refractivity (Wildman–Crippen MR) is 58.0 cm³/mol. The third kappa shape index (κ3) is 3.02. The first-order chi connectivity index (χ1) is 7.04. The molecule has 0 spiro atoms. The van der Waals surface area contributed by atoms with E-state index in [0.717, 1.165) is 5.56 Å². The van der Waals surface area contributed by atoms with E-state index in [4.69, 9.17) is 5.73 Å². The highest BCUT2D eigenvalue weighted by molar-refractivity contribution is 5.94. The molecule has 0 fully saturated rings. The molecule has 0 aromatic heterocycles. The summed E-state index contributed by atoms with van der Waals surface area (Å²) in [5.74, 6) is -0.799. The number of nitrogens with two attached hydrogens (primary N) is 1. The Hall–Kier alpha value is -1.42. The number of hydrogen-bond acceptors (Lipinski definition) is 2. The molecule has 3 nitrogen and oxygen atoms in total. The molecule has 0 bridgehead atoms.